The van der Waals surface area contributed by atoms with E-state index in [0.717, 1.165) is 19.4 Å². The summed E-state index contributed by atoms with van der Waals surface area (Å²) in [6.07, 6.45) is 2.07. The van der Waals surface area contributed by atoms with E-state index in [1.165, 1.54) is 0 Å². The molecule has 0 saturated carbocycles. The van der Waals surface area contributed by atoms with Gasteiger partial charge >= 0.3 is 0 Å². The van der Waals surface area contributed by atoms with Crippen LogP contribution >= 0.6 is 11.6 Å². The normalized spacial score (nSPS) is 19.0. The smallest absolute Gasteiger partial charge is 0.253 e. The molecular weight excluding hydrogens is 292 g/mol. The third kappa shape index (κ3) is 4.44. The average Bonchev–Trinajstić information content (AvgIpc) is 2.98. The largest absolute Gasteiger partial charge is 0.376 e. The lowest BCUT2D eigenvalue weighted by Gasteiger charge is -2.16. The molecule has 0 aromatic heterocycles. The fourth-order valence-corrected chi connectivity index (χ4v) is 2.38. The molecule has 2 amide bonds. The zero-order valence-electron chi connectivity index (χ0n) is 11.9. The predicted molar refractivity (Wildman–Crippen MR) is 80.4 cm³/mol. The van der Waals surface area contributed by atoms with Crippen LogP contribution in [0.1, 0.15) is 30.1 Å². The first kappa shape index (κ1) is 15.8. The molecule has 6 heteroatoms. The van der Waals surface area contributed by atoms with Crippen molar-refractivity contribution in [1.82, 2.24) is 10.6 Å². The molecule has 0 bridgehead atoms. The van der Waals surface area contributed by atoms with Gasteiger partial charge in [-0.25, -0.2) is 0 Å². The molecule has 2 rings (SSSR count). The fourth-order valence-electron chi connectivity index (χ4n) is 2.16. The van der Waals surface area contributed by atoms with E-state index in [9.17, 15) is 9.59 Å². The van der Waals surface area contributed by atoms with Crippen LogP contribution in [0.2, 0.25) is 5.02 Å². The first-order chi connectivity index (χ1) is 10.1. The SMILES string of the molecule is C[C@H](NC(=O)c1ccccc1Cl)C(=O)NC[C@H]1CCCO1. The molecule has 2 atom stereocenters. The number of hydrogen-bond acceptors (Lipinski definition) is 3. The molecule has 1 aliphatic heterocycles. The Labute approximate surface area is 129 Å². The molecule has 0 aliphatic carbocycles. The molecule has 1 saturated heterocycles. The van der Waals surface area contributed by atoms with Crippen molar-refractivity contribution in [1.29, 1.82) is 0 Å². The highest BCUT2D eigenvalue weighted by molar-refractivity contribution is 6.33. The van der Waals surface area contributed by atoms with Crippen molar-refractivity contribution in [3.8, 4) is 0 Å². The summed E-state index contributed by atoms with van der Waals surface area (Å²) in [5, 5.41) is 5.78. The average molecular weight is 311 g/mol. The van der Waals surface area contributed by atoms with E-state index in [1.807, 2.05) is 0 Å². The first-order valence-corrected chi connectivity index (χ1v) is 7.40. The summed E-state index contributed by atoms with van der Waals surface area (Å²) < 4.78 is 5.43. The number of rotatable bonds is 5. The second kappa shape index (κ2) is 7.43. The molecule has 2 N–H and O–H groups in total. The summed E-state index contributed by atoms with van der Waals surface area (Å²) >= 11 is 5.95. The van der Waals surface area contributed by atoms with Crippen molar-refractivity contribution >= 4 is 23.4 Å². The number of amides is 2. The van der Waals surface area contributed by atoms with Gasteiger partial charge in [0.05, 0.1) is 16.7 Å². The summed E-state index contributed by atoms with van der Waals surface area (Å²) in [4.78, 5) is 24.0. The van der Waals surface area contributed by atoms with Gasteiger partial charge in [0, 0.05) is 13.2 Å². The van der Waals surface area contributed by atoms with Crippen LogP contribution in [-0.2, 0) is 9.53 Å². The molecule has 0 unspecified atom stereocenters. The van der Waals surface area contributed by atoms with Crippen LogP contribution in [0.25, 0.3) is 0 Å². The van der Waals surface area contributed by atoms with Crippen LogP contribution in [-0.4, -0.2) is 37.1 Å². The van der Waals surface area contributed by atoms with Crippen LogP contribution in [0.3, 0.4) is 0 Å². The molecule has 21 heavy (non-hydrogen) atoms. The van der Waals surface area contributed by atoms with Gasteiger partial charge in [-0.2, -0.15) is 0 Å². The van der Waals surface area contributed by atoms with Gasteiger partial charge in [-0.05, 0) is 31.9 Å². The fraction of sp³-hybridized carbons (Fsp3) is 0.467. The van der Waals surface area contributed by atoms with Crippen LogP contribution in [0.5, 0.6) is 0 Å². The number of carbonyl (C=O) groups excluding carboxylic acids is 2. The van der Waals surface area contributed by atoms with Crippen molar-refractivity contribution in [2.45, 2.75) is 31.9 Å². The number of ether oxygens (including phenoxy) is 1. The second-order valence-corrected chi connectivity index (χ2v) is 5.46. The Morgan fingerprint density at radius 1 is 1.43 bits per heavy atom. The Bertz CT molecular complexity index is 515. The minimum Gasteiger partial charge on any atom is -0.376 e. The Balaban J connectivity index is 1.82. The van der Waals surface area contributed by atoms with E-state index in [-0.39, 0.29) is 17.9 Å². The Morgan fingerprint density at radius 3 is 2.86 bits per heavy atom. The van der Waals surface area contributed by atoms with Crippen LogP contribution < -0.4 is 10.6 Å². The van der Waals surface area contributed by atoms with Gasteiger partial charge in [0.15, 0.2) is 0 Å². The predicted octanol–water partition coefficient (Wildman–Crippen LogP) is 1.75. The summed E-state index contributed by atoms with van der Waals surface area (Å²) in [6.45, 7) is 2.87. The number of nitrogens with one attached hydrogen (secondary N) is 2. The molecule has 5 nitrogen and oxygen atoms in total. The molecule has 1 fully saturated rings. The van der Waals surface area contributed by atoms with Crippen molar-refractivity contribution in [2.24, 2.45) is 0 Å². The third-order valence-corrected chi connectivity index (χ3v) is 3.72. The molecule has 114 valence electrons. The second-order valence-electron chi connectivity index (χ2n) is 5.06. The summed E-state index contributed by atoms with van der Waals surface area (Å²) in [5.41, 5.74) is 0.359. The van der Waals surface area contributed by atoms with Crippen LogP contribution in [0.15, 0.2) is 24.3 Å². The summed E-state index contributed by atoms with van der Waals surface area (Å²) in [6, 6.07) is 6.10. The van der Waals surface area contributed by atoms with E-state index in [4.69, 9.17) is 16.3 Å². The molecule has 1 heterocycles. The van der Waals surface area contributed by atoms with E-state index in [0.29, 0.717) is 17.1 Å². The van der Waals surface area contributed by atoms with Crippen molar-refractivity contribution < 1.29 is 14.3 Å². The maximum Gasteiger partial charge on any atom is 0.253 e. The Kier molecular flexibility index (Phi) is 5.59. The molecular formula is C15H19ClN2O3. The van der Waals surface area contributed by atoms with Gasteiger partial charge in [0.2, 0.25) is 5.91 Å². The summed E-state index contributed by atoms with van der Waals surface area (Å²) in [7, 11) is 0. The zero-order chi connectivity index (χ0) is 15.2. The molecule has 1 aromatic rings. The quantitative estimate of drug-likeness (QED) is 0.870. The van der Waals surface area contributed by atoms with Gasteiger partial charge < -0.3 is 15.4 Å². The lowest BCUT2D eigenvalue weighted by molar-refractivity contribution is -0.123. The highest BCUT2D eigenvalue weighted by atomic mass is 35.5. The van der Waals surface area contributed by atoms with Crippen molar-refractivity contribution in [2.75, 3.05) is 13.2 Å². The monoisotopic (exact) mass is 310 g/mol. The Morgan fingerprint density at radius 2 is 2.19 bits per heavy atom. The van der Waals surface area contributed by atoms with Gasteiger partial charge in [0.1, 0.15) is 6.04 Å². The van der Waals surface area contributed by atoms with Crippen molar-refractivity contribution in [3.63, 3.8) is 0 Å². The number of carbonyl (C=O) groups is 2. The topological polar surface area (TPSA) is 67.4 Å². The maximum atomic E-state index is 12.0. The maximum absolute atomic E-state index is 12.0. The van der Waals surface area contributed by atoms with Gasteiger partial charge in [-0.3, -0.25) is 9.59 Å². The first-order valence-electron chi connectivity index (χ1n) is 7.02. The number of hydrogen-bond donors (Lipinski definition) is 2. The zero-order valence-corrected chi connectivity index (χ0v) is 12.7. The van der Waals surface area contributed by atoms with Crippen LogP contribution in [0, 0.1) is 0 Å². The molecule has 0 spiro atoms. The highest BCUT2D eigenvalue weighted by Gasteiger charge is 2.20. The Hall–Kier alpha value is -1.59. The van der Waals surface area contributed by atoms with Gasteiger partial charge in [-0.1, -0.05) is 23.7 Å². The van der Waals surface area contributed by atoms with Gasteiger partial charge in [0.25, 0.3) is 5.91 Å². The summed E-state index contributed by atoms with van der Waals surface area (Å²) in [5.74, 6) is -0.591. The lowest BCUT2D eigenvalue weighted by Crippen LogP contribution is -2.46. The van der Waals surface area contributed by atoms with Gasteiger partial charge in [-0.15, -0.1) is 0 Å². The molecule has 0 radical (unpaired) electrons. The number of benzene rings is 1. The minimum atomic E-state index is -0.629. The van der Waals surface area contributed by atoms with E-state index in [1.54, 1.807) is 31.2 Å². The minimum absolute atomic E-state index is 0.0837. The van der Waals surface area contributed by atoms with Crippen molar-refractivity contribution in [3.05, 3.63) is 34.9 Å². The lowest BCUT2D eigenvalue weighted by atomic mass is 10.2. The van der Waals surface area contributed by atoms with E-state index < -0.39 is 6.04 Å². The van der Waals surface area contributed by atoms with E-state index >= 15 is 0 Å². The molecule has 1 aliphatic rings. The standard InChI is InChI=1S/C15H19ClN2O3/c1-10(14(19)17-9-11-5-4-8-21-11)18-15(20)12-6-2-3-7-13(12)16/h2-3,6-7,10-11H,4-5,8-9H2,1H3,(H,17,19)(H,18,20)/t10-,11+/m0/s1. The number of halogens is 1. The molecule has 1 aromatic carbocycles. The van der Waals surface area contributed by atoms with E-state index in [2.05, 4.69) is 10.6 Å². The highest BCUT2D eigenvalue weighted by Crippen LogP contribution is 2.14. The van der Waals surface area contributed by atoms with Crippen LogP contribution in [0.4, 0.5) is 0 Å². The third-order valence-electron chi connectivity index (χ3n) is 3.39.